The average molecular weight is 291 g/mol. The van der Waals surface area contributed by atoms with Gasteiger partial charge in [-0.3, -0.25) is 0 Å². The Balaban J connectivity index is 1.90. The van der Waals surface area contributed by atoms with Crippen LogP contribution in [0.2, 0.25) is 5.02 Å². The van der Waals surface area contributed by atoms with Gasteiger partial charge >= 0.3 is 5.97 Å². The van der Waals surface area contributed by atoms with Gasteiger partial charge in [0.2, 0.25) is 0 Å². The molecule has 3 rings (SSSR count). The molecule has 1 aromatic rings. The molecule has 2 aliphatic rings. The first-order valence-electron chi connectivity index (χ1n) is 6.75. The van der Waals surface area contributed by atoms with Crippen molar-refractivity contribution in [2.24, 2.45) is 5.16 Å². The summed E-state index contributed by atoms with van der Waals surface area (Å²) in [5.74, 6) is -0.398. The maximum Gasteiger partial charge on any atom is 0.369 e. The van der Waals surface area contributed by atoms with Crippen LogP contribution < -0.4 is 0 Å². The molecule has 5 heteroatoms. The van der Waals surface area contributed by atoms with E-state index in [0.717, 1.165) is 31.5 Å². The molecule has 20 heavy (non-hydrogen) atoms. The van der Waals surface area contributed by atoms with E-state index in [4.69, 9.17) is 16.4 Å². The second kappa shape index (κ2) is 5.67. The summed E-state index contributed by atoms with van der Waals surface area (Å²) in [6.07, 6.45) is 5.43. The van der Waals surface area contributed by atoms with Gasteiger partial charge in [0.05, 0.1) is 0 Å². The van der Waals surface area contributed by atoms with Crippen LogP contribution in [0.5, 0.6) is 0 Å². The third kappa shape index (κ3) is 2.70. The number of nitrogens with zero attached hydrogens (tertiary/aromatic N) is 2. The van der Waals surface area contributed by atoms with Gasteiger partial charge in [-0.15, -0.1) is 0 Å². The summed E-state index contributed by atoms with van der Waals surface area (Å²) < 4.78 is 0. The van der Waals surface area contributed by atoms with Gasteiger partial charge in [-0.1, -0.05) is 28.9 Å². The van der Waals surface area contributed by atoms with Gasteiger partial charge < -0.3 is 9.74 Å². The molecule has 4 nitrogen and oxygen atoms in total. The molecule has 0 amide bonds. The van der Waals surface area contributed by atoms with E-state index in [1.54, 1.807) is 12.1 Å². The highest BCUT2D eigenvalue weighted by Crippen LogP contribution is 2.22. The predicted octanol–water partition coefficient (Wildman–Crippen LogP) is 2.97. The molecule has 0 bridgehead atoms. The zero-order chi connectivity index (χ0) is 13.9. The quantitative estimate of drug-likeness (QED) is 0.621. The van der Waals surface area contributed by atoms with Crippen LogP contribution in [-0.2, 0) is 9.63 Å². The van der Waals surface area contributed by atoms with Crippen molar-refractivity contribution in [1.82, 2.24) is 4.90 Å². The lowest BCUT2D eigenvalue weighted by Crippen LogP contribution is -2.26. The number of likely N-dealkylation sites (tertiary alicyclic amines) is 1. The SMILES string of the molecule is O=C1ON=C(c2cccc(Cl)c2)/C1=C/N1CCCCC1. The molecule has 1 fully saturated rings. The summed E-state index contributed by atoms with van der Waals surface area (Å²) in [5, 5.41) is 4.50. The molecule has 2 heterocycles. The molecule has 2 aliphatic heterocycles. The normalized spacial score (nSPS) is 21.1. The lowest BCUT2D eigenvalue weighted by molar-refractivity contribution is -0.136. The number of benzene rings is 1. The first-order valence-corrected chi connectivity index (χ1v) is 7.13. The van der Waals surface area contributed by atoms with E-state index in [1.807, 2.05) is 18.3 Å². The highest BCUT2D eigenvalue weighted by molar-refractivity contribution is 6.32. The van der Waals surface area contributed by atoms with Crippen LogP contribution in [0.25, 0.3) is 0 Å². The topological polar surface area (TPSA) is 41.9 Å². The van der Waals surface area contributed by atoms with Gasteiger partial charge in [0, 0.05) is 29.9 Å². The second-order valence-electron chi connectivity index (χ2n) is 4.97. The highest BCUT2D eigenvalue weighted by atomic mass is 35.5. The number of carbonyl (C=O) groups excluding carboxylic acids is 1. The third-order valence-corrected chi connectivity index (χ3v) is 3.73. The fraction of sp³-hybridized carbons (Fsp3) is 0.333. The van der Waals surface area contributed by atoms with E-state index < -0.39 is 5.97 Å². The molecular formula is C15H15ClN2O2. The first-order chi connectivity index (χ1) is 9.74. The van der Waals surface area contributed by atoms with Gasteiger partial charge in [-0.05, 0) is 31.4 Å². The van der Waals surface area contributed by atoms with Crippen LogP contribution in [-0.4, -0.2) is 29.7 Å². The largest absolute Gasteiger partial charge is 0.377 e. The highest BCUT2D eigenvalue weighted by Gasteiger charge is 2.28. The van der Waals surface area contributed by atoms with E-state index >= 15 is 0 Å². The van der Waals surface area contributed by atoms with Gasteiger partial charge in [0.25, 0.3) is 0 Å². The fourth-order valence-corrected chi connectivity index (χ4v) is 2.66. The zero-order valence-electron chi connectivity index (χ0n) is 11.0. The van der Waals surface area contributed by atoms with Crippen molar-refractivity contribution in [3.05, 3.63) is 46.6 Å². The smallest absolute Gasteiger partial charge is 0.369 e. The zero-order valence-corrected chi connectivity index (χ0v) is 11.8. The molecule has 0 spiro atoms. The molecule has 0 radical (unpaired) electrons. The predicted molar refractivity (Wildman–Crippen MR) is 77.6 cm³/mol. The van der Waals surface area contributed by atoms with Crippen LogP contribution in [0, 0.1) is 0 Å². The first kappa shape index (κ1) is 13.2. The van der Waals surface area contributed by atoms with Crippen LogP contribution in [0.1, 0.15) is 24.8 Å². The lowest BCUT2D eigenvalue weighted by atomic mass is 10.0. The Morgan fingerprint density at radius 1 is 1.25 bits per heavy atom. The number of oxime groups is 1. The van der Waals surface area contributed by atoms with Crippen LogP contribution >= 0.6 is 11.6 Å². The van der Waals surface area contributed by atoms with Gasteiger partial charge in [-0.25, -0.2) is 4.79 Å². The van der Waals surface area contributed by atoms with Crippen LogP contribution in [0.15, 0.2) is 41.2 Å². The summed E-state index contributed by atoms with van der Waals surface area (Å²) in [6.45, 7) is 1.94. The monoisotopic (exact) mass is 290 g/mol. The number of carbonyl (C=O) groups is 1. The van der Waals surface area contributed by atoms with Crippen molar-refractivity contribution in [2.45, 2.75) is 19.3 Å². The van der Waals surface area contributed by atoms with Crippen molar-refractivity contribution in [3.63, 3.8) is 0 Å². The van der Waals surface area contributed by atoms with Crippen molar-refractivity contribution in [3.8, 4) is 0 Å². The van der Waals surface area contributed by atoms with Crippen molar-refractivity contribution < 1.29 is 9.63 Å². The Hall–Kier alpha value is -1.81. The van der Waals surface area contributed by atoms with Gasteiger partial charge in [-0.2, -0.15) is 0 Å². The Bertz CT molecular complexity index is 589. The Morgan fingerprint density at radius 2 is 2.05 bits per heavy atom. The third-order valence-electron chi connectivity index (χ3n) is 3.50. The molecule has 0 aromatic heterocycles. The summed E-state index contributed by atoms with van der Waals surface area (Å²) in [4.78, 5) is 18.8. The minimum atomic E-state index is -0.398. The Kier molecular flexibility index (Phi) is 3.74. The molecule has 0 N–H and O–H groups in total. The van der Waals surface area contributed by atoms with E-state index in [-0.39, 0.29) is 0 Å². The maximum atomic E-state index is 11.9. The van der Waals surface area contributed by atoms with Crippen LogP contribution in [0.3, 0.4) is 0 Å². The van der Waals surface area contributed by atoms with Gasteiger partial charge in [0.15, 0.2) is 0 Å². The molecule has 1 saturated heterocycles. The standard InChI is InChI=1S/C15H15ClN2O2/c16-12-6-4-5-11(9-12)14-13(15(19)20-17-14)10-18-7-2-1-3-8-18/h4-6,9-10H,1-3,7-8H2/b13-10-. The average Bonchev–Trinajstić information content (AvgIpc) is 2.82. The Labute approximate surface area is 122 Å². The molecule has 104 valence electrons. The van der Waals surface area contributed by atoms with E-state index in [1.165, 1.54) is 6.42 Å². The molecule has 0 aliphatic carbocycles. The lowest BCUT2D eigenvalue weighted by Gasteiger charge is -2.25. The van der Waals surface area contributed by atoms with Crippen LogP contribution in [0.4, 0.5) is 0 Å². The van der Waals surface area contributed by atoms with Crippen molar-refractivity contribution in [1.29, 1.82) is 0 Å². The number of halogens is 1. The van der Waals surface area contributed by atoms with E-state index in [9.17, 15) is 4.79 Å². The second-order valence-corrected chi connectivity index (χ2v) is 5.40. The summed E-state index contributed by atoms with van der Waals surface area (Å²) in [7, 11) is 0. The minimum Gasteiger partial charge on any atom is -0.377 e. The number of piperidine rings is 1. The van der Waals surface area contributed by atoms with E-state index in [0.29, 0.717) is 16.3 Å². The summed E-state index contributed by atoms with van der Waals surface area (Å²) in [5.41, 5.74) is 1.86. The van der Waals surface area contributed by atoms with E-state index in [2.05, 4.69) is 10.1 Å². The van der Waals surface area contributed by atoms with Gasteiger partial charge in [0.1, 0.15) is 11.3 Å². The minimum absolute atomic E-state index is 0.398. The summed E-state index contributed by atoms with van der Waals surface area (Å²) in [6, 6.07) is 7.28. The molecule has 0 unspecified atom stereocenters. The fourth-order valence-electron chi connectivity index (χ4n) is 2.47. The maximum absolute atomic E-state index is 11.9. The van der Waals surface area contributed by atoms with Crippen molar-refractivity contribution >= 4 is 23.3 Å². The molecular weight excluding hydrogens is 276 g/mol. The Morgan fingerprint density at radius 3 is 2.80 bits per heavy atom. The number of hydrogen-bond acceptors (Lipinski definition) is 4. The van der Waals surface area contributed by atoms with Crippen molar-refractivity contribution in [2.75, 3.05) is 13.1 Å². The number of rotatable bonds is 2. The molecule has 1 aromatic carbocycles. The molecule has 0 atom stereocenters. The summed E-state index contributed by atoms with van der Waals surface area (Å²) >= 11 is 5.99. The molecule has 0 saturated carbocycles. The number of hydrogen-bond donors (Lipinski definition) is 0.